The van der Waals surface area contributed by atoms with Gasteiger partial charge >= 0.3 is 0 Å². The van der Waals surface area contributed by atoms with E-state index in [0.717, 1.165) is 56.8 Å². The lowest BCUT2D eigenvalue weighted by molar-refractivity contribution is 0.356. The van der Waals surface area contributed by atoms with E-state index >= 15 is 0 Å². The molecule has 3 heteroatoms. The Bertz CT molecular complexity index is 1380. The molecular formula is C29H26N2O. The van der Waals surface area contributed by atoms with E-state index in [0.29, 0.717) is 0 Å². The highest BCUT2D eigenvalue weighted by Crippen LogP contribution is 2.36. The van der Waals surface area contributed by atoms with Crippen molar-refractivity contribution < 1.29 is 4.42 Å². The van der Waals surface area contributed by atoms with E-state index < -0.39 is 0 Å². The average molecular weight is 419 g/mol. The molecule has 1 aliphatic rings. The predicted octanol–water partition coefficient (Wildman–Crippen LogP) is 7.83. The molecule has 32 heavy (non-hydrogen) atoms. The summed E-state index contributed by atoms with van der Waals surface area (Å²) < 4.78 is 6.36. The standard InChI is InChI=1S/C29H26N2O/c1-3-8-20(9-4-1)16-21-14-15-30-26(17-21)23-18-27-28(31-19-23)25-13-7-12-24(29(25)32-27)22-10-5-2-6-11-22/h2,5-7,10-15,17-20H,1,3-4,8-9,16H2. The van der Waals surface area contributed by atoms with Gasteiger partial charge in [-0.25, -0.2) is 0 Å². The minimum absolute atomic E-state index is 0.806. The maximum Gasteiger partial charge on any atom is 0.154 e. The Labute approximate surface area is 188 Å². The largest absolute Gasteiger partial charge is 0.454 e. The van der Waals surface area contributed by atoms with Gasteiger partial charge in [-0.1, -0.05) is 74.6 Å². The van der Waals surface area contributed by atoms with Crippen LogP contribution < -0.4 is 0 Å². The molecule has 1 fully saturated rings. The highest BCUT2D eigenvalue weighted by Gasteiger charge is 2.16. The molecule has 0 spiro atoms. The molecule has 0 saturated heterocycles. The molecule has 3 aromatic heterocycles. The fraction of sp³-hybridized carbons (Fsp3) is 0.241. The molecule has 3 heterocycles. The molecule has 6 rings (SSSR count). The summed E-state index contributed by atoms with van der Waals surface area (Å²) in [5.74, 6) is 0.811. The summed E-state index contributed by atoms with van der Waals surface area (Å²) in [6.07, 6.45) is 11.9. The molecule has 158 valence electrons. The first-order chi connectivity index (χ1) is 15.8. The molecule has 0 N–H and O–H groups in total. The maximum absolute atomic E-state index is 6.36. The van der Waals surface area contributed by atoms with Gasteiger partial charge < -0.3 is 4.42 Å². The second kappa shape index (κ2) is 8.23. The van der Waals surface area contributed by atoms with Crippen molar-refractivity contribution in [3.8, 4) is 22.4 Å². The number of aromatic nitrogens is 2. The van der Waals surface area contributed by atoms with Crippen LogP contribution in [0.25, 0.3) is 44.5 Å². The number of hydrogen-bond acceptors (Lipinski definition) is 3. The number of rotatable bonds is 4. The molecule has 3 nitrogen and oxygen atoms in total. The van der Waals surface area contributed by atoms with Gasteiger partial charge in [0, 0.05) is 28.9 Å². The topological polar surface area (TPSA) is 38.9 Å². The van der Waals surface area contributed by atoms with E-state index in [4.69, 9.17) is 9.40 Å². The first-order valence-electron chi connectivity index (χ1n) is 11.7. The van der Waals surface area contributed by atoms with Crippen LogP contribution in [0.1, 0.15) is 37.7 Å². The van der Waals surface area contributed by atoms with Crippen molar-refractivity contribution in [1.29, 1.82) is 0 Å². The molecule has 0 atom stereocenters. The number of nitrogens with zero attached hydrogens (tertiary/aromatic N) is 2. The van der Waals surface area contributed by atoms with Gasteiger partial charge in [-0.05, 0) is 47.7 Å². The van der Waals surface area contributed by atoms with Crippen LogP contribution in [0.3, 0.4) is 0 Å². The Kier molecular flexibility index (Phi) is 4.95. The van der Waals surface area contributed by atoms with Crippen LogP contribution in [0.15, 0.2) is 83.5 Å². The number of fused-ring (bicyclic) bond motifs is 3. The highest BCUT2D eigenvalue weighted by molar-refractivity contribution is 6.08. The van der Waals surface area contributed by atoms with E-state index in [2.05, 4.69) is 65.6 Å². The third-order valence-corrected chi connectivity index (χ3v) is 6.79. The molecule has 0 radical (unpaired) electrons. The second-order valence-corrected chi connectivity index (χ2v) is 8.98. The van der Waals surface area contributed by atoms with Crippen molar-refractivity contribution in [3.05, 3.63) is 84.7 Å². The highest BCUT2D eigenvalue weighted by atomic mass is 16.3. The van der Waals surface area contributed by atoms with Crippen molar-refractivity contribution in [2.24, 2.45) is 5.92 Å². The van der Waals surface area contributed by atoms with Gasteiger partial charge in [0.05, 0.1) is 5.69 Å². The summed E-state index contributed by atoms with van der Waals surface area (Å²) in [6, 6.07) is 23.1. The summed E-state index contributed by atoms with van der Waals surface area (Å²) in [7, 11) is 0. The summed E-state index contributed by atoms with van der Waals surface area (Å²) in [6.45, 7) is 0. The Morgan fingerprint density at radius 1 is 0.812 bits per heavy atom. The molecule has 5 aromatic rings. The van der Waals surface area contributed by atoms with Gasteiger partial charge in [0.15, 0.2) is 5.58 Å². The lowest BCUT2D eigenvalue weighted by Gasteiger charge is -2.21. The SMILES string of the molecule is c1ccc(-c2cccc3c2oc2cc(-c4cc(CC5CCCCC5)ccn4)cnc23)cc1. The van der Waals surface area contributed by atoms with Crippen LogP contribution in [-0.4, -0.2) is 9.97 Å². The Hall–Kier alpha value is -3.46. The van der Waals surface area contributed by atoms with Crippen LogP contribution in [0, 0.1) is 5.92 Å². The fourth-order valence-electron chi connectivity index (χ4n) is 5.14. The van der Waals surface area contributed by atoms with Gasteiger partial charge in [-0.2, -0.15) is 0 Å². The van der Waals surface area contributed by atoms with Gasteiger partial charge in [0.1, 0.15) is 11.1 Å². The smallest absolute Gasteiger partial charge is 0.154 e. The van der Waals surface area contributed by atoms with E-state index in [1.165, 1.54) is 37.7 Å². The van der Waals surface area contributed by atoms with Crippen LogP contribution in [0.5, 0.6) is 0 Å². The monoisotopic (exact) mass is 418 g/mol. The molecule has 2 aromatic carbocycles. The maximum atomic E-state index is 6.36. The predicted molar refractivity (Wildman–Crippen MR) is 130 cm³/mol. The Morgan fingerprint density at radius 2 is 1.69 bits per heavy atom. The van der Waals surface area contributed by atoms with Gasteiger partial charge in [-0.3, -0.25) is 9.97 Å². The molecule has 0 amide bonds. The molecule has 1 saturated carbocycles. The summed E-state index contributed by atoms with van der Waals surface area (Å²) in [5.41, 5.74) is 8.18. The van der Waals surface area contributed by atoms with E-state index in [-0.39, 0.29) is 0 Å². The zero-order valence-electron chi connectivity index (χ0n) is 18.1. The minimum Gasteiger partial charge on any atom is -0.454 e. The number of para-hydroxylation sites is 1. The van der Waals surface area contributed by atoms with Gasteiger partial charge in [0.25, 0.3) is 0 Å². The minimum atomic E-state index is 0.806. The molecule has 1 aliphatic carbocycles. The van der Waals surface area contributed by atoms with Gasteiger partial charge in [0.2, 0.25) is 0 Å². The third kappa shape index (κ3) is 3.58. The first-order valence-corrected chi connectivity index (χ1v) is 11.7. The number of pyridine rings is 2. The van der Waals surface area contributed by atoms with Crippen molar-refractivity contribution >= 4 is 22.1 Å². The molecule has 0 bridgehead atoms. The Balaban J connectivity index is 1.38. The fourth-order valence-corrected chi connectivity index (χ4v) is 5.14. The molecule has 0 aliphatic heterocycles. The van der Waals surface area contributed by atoms with E-state index in [9.17, 15) is 0 Å². The Morgan fingerprint density at radius 3 is 2.56 bits per heavy atom. The first kappa shape index (κ1) is 19.2. The van der Waals surface area contributed by atoms with Crippen molar-refractivity contribution in [2.75, 3.05) is 0 Å². The van der Waals surface area contributed by atoms with Crippen molar-refractivity contribution in [2.45, 2.75) is 38.5 Å². The van der Waals surface area contributed by atoms with Crippen LogP contribution >= 0.6 is 0 Å². The lowest BCUT2D eigenvalue weighted by Crippen LogP contribution is -2.09. The van der Waals surface area contributed by atoms with E-state index in [1.54, 1.807) is 0 Å². The normalized spacial score (nSPS) is 14.9. The summed E-state index contributed by atoms with van der Waals surface area (Å²) in [4.78, 5) is 9.44. The lowest BCUT2D eigenvalue weighted by atomic mass is 9.85. The van der Waals surface area contributed by atoms with Crippen LogP contribution in [0.4, 0.5) is 0 Å². The second-order valence-electron chi connectivity index (χ2n) is 8.98. The summed E-state index contributed by atoms with van der Waals surface area (Å²) in [5, 5.41) is 1.05. The summed E-state index contributed by atoms with van der Waals surface area (Å²) >= 11 is 0. The van der Waals surface area contributed by atoms with Crippen molar-refractivity contribution in [1.82, 2.24) is 9.97 Å². The zero-order valence-corrected chi connectivity index (χ0v) is 18.1. The quantitative estimate of drug-likeness (QED) is 0.298. The van der Waals surface area contributed by atoms with Gasteiger partial charge in [-0.15, -0.1) is 0 Å². The van der Waals surface area contributed by atoms with Crippen molar-refractivity contribution in [3.63, 3.8) is 0 Å². The van der Waals surface area contributed by atoms with Crippen LogP contribution in [-0.2, 0) is 6.42 Å². The number of hydrogen-bond donors (Lipinski definition) is 0. The zero-order chi connectivity index (χ0) is 21.3. The number of furan rings is 1. The van der Waals surface area contributed by atoms with Crippen LogP contribution in [0.2, 0.25) is 0 Å². The molecule has 0 unspecified atom stereocenters. The average Bonchev–Trinajstić information content (AvgIpc) is 3.23. The third-order valence-electron chi connectivity index (χ3n) is 6.79. The van der Waals surface area contributed by atoms with E-state index in [1.807, 2.05) is 18.5 Å². The number of benzene rings is 2. The molecular weight excluding hydrogens is 392 g/mol.